The SMILES string of the molecule is Cc1nc(N)sc1CN1CCOCC1.O=C(O)C(F)(F)F. The quantitative estimate of drug-likeness (QED) is 0.856. The molecule has 0 bridgehead atoms. The van der Waals surface area contributed by atoms with Gasteiger partial charge in [-0.3, -0.25) is 4.90 Å². The first-order valence-corrected chi connectivity index (χ1v) is 6.83. The van der Waals surface area contributed by atoms with Crippen molar-refractivity contribution in [2.24, 2.45) is 0 Å². The maximum Gasteiger partial charge on any atom is 0.490 e. The van der Waals surface area contributed by atoms with Crippen molar-refractivity contribution in [3.05, 3.63) is 10.6 Å². The minimum absolute atomic E-state index is 0.672. The molecule has 1 aromatic rings. The normalized spacial score (nSPS) is 16.2. The topological polar surface area (TPSA) is 88.7 Å². The third-order valence-electron chi connectivity index (χ3n) is 2.62. The van der Waals surface area contributed by atoms with E-state index in [1.54, 1.807) is 11.3 Å². The molecule has 6 nitrogen and oxygen atoms in total. The number of aromatic nitrogens is 1. The van der Waals surface area contributed by atoms with Crippen LogP contribution in [0.1, 0.15) is 10.6 Å². The van der Waals surface area contributed by atoms with Crippen molar-refractivity contribution in [1.82, 2.24) is 9.88 Å². The van der Waals surface area contributed by atoms with Gasteiger partial charge in [0.25, 0.3) is 0 Å². The maximum absolute atomic E-state index is 10.6. The van der Waals surface area contributed by atoms with Gasteiger partial charge >= 0.3 is 12.1 Å². The zero-order chi connectivity index (χ0) is 16.0. The van der Waals surface area contributed by atoms with Crippen LogP contribution in [-0.2, 0) is 16.1 Å². The van der Waals surface area contributed by atoms with Gasteiger partial charge in [0.15, 0.2) is 5.13 Å². The molecule has 2 rings (SSSR count). The monoisotopic (exact) mass is 327 g/mol. The van der Waals surface area contributed by atoms with Gasteiger partial charge in [-0.25, -0.2) is 9.78 Å². The van der Waals surface area contributed by atoms with E-state index in [4.69, 9.17) is 20.4 Å². The van der Waals surface area contributed by atoms with Crippen molar-refractivity contribution in [3.63, 3.8) is 0 Å². The molecule has 0 aromatic carbocycles. The molecular formula is C11H16F3N3O3S. The Morgan fingerprint density at radius 3 is 2.38 bits per heavy atom. The molecule has 1 aliphatic rings. The molecule has 0 spiro atoms. The second kappa shape index (κ2) is 7.57. The van der Waals surface area contributed by atoms with E-state index >= 15 is 0 Å². The highest BCUT2D eigenvalue weighted by Gasteiger charge is 2.38. The Kier molecular flexibility index (Phi) is 6.37. The Bertz CT molecular complexity index is 473. The van der Waals surface area contributed by atoms with Crippen LogP contribution in [0.5, 0.6) is 0 Å². The van der Waals surface area contributed by atoms with E-state index < -0.39 is 12.1 Å². The van der Waals surface area contributed by atoms with Crippen LogP contribution in [0.3, 0.4) is 0 Å². The van der Waals surface area contributed by atoms with E-state index in [9.17, 15) is 13.2 Å². The van der Waals surface area contributed by atoms with Gasteiger partial charge in [0.2, 0.25) is 0 Å². The summed E-state index contributed by atoms with van der Waals surface area (Å²) >= 11 is 1.59. The number of carboxylic acids is 1. The Balaban J connectivity index is 0.000000270. The molecule has 21 heavy (non-hydrogen) atoms. The highest BCUT2D eigenvalue weighted by molar-refractivity contribution is 7.15. The summed E-state index contributed by atoms with van der Waals surface area (Å²) in [6, 6.07) is 0. The lowest BCUT2D eigenvalue weighted by molar-refractivity contribution is -0.192. The van der Waals surface area contributed by atoms with Crippen LogP contribution in [0.15, 0.2) is 0 Å². The number of thiazole rings is 1. The number of nitrogens with zero attached hydrogens (tertiary/aromatic N) is 2. The van der Waals surface area contributed by atoms with Crippen LogP contribution in [0, 0.1) is 6.92 Å². The third kappa shape index (κ3) is 6.27. The van der Waals surface area contributed by atoms with Crippen molar-refractivity contribution in [1.29, 1.82) is 0 Å². The smallest absolute Gasteiger partial charge is 0.475 e. The summed E-state index contributed by atoms with van der Waals surface area (Å²) in [5.41, 5.74) is 6.72. The third-order valence-corrected chi connectivity index (χ3v) is 3.59. The van der Waals surface area contributed by atoms with Gasteiger partial charge in [0, 0.05) is 24.5 Å². The van der Waals surface area contributed by atoms with Crippen LogP contribution in [0.25, 0.3) is 0 Å². The summed E-state index contributed by atoms with van der Waals surface area (Å²) in [5.74, 6) is -2.76. The van der Waals surface area contributed by atoms with E-state index in [0.29, 0.717) is 5.13 Å². The van der Waals surface area contributed by atoms with E-state index in [1.165, 1.54) is 4.88 Å². The molecule has 0 saturated carbocycles. The average molecular weight is 327 g/mol. The molecule has 0 amide bonds. The summed E-state index contributed by atoms with van der Waals surface area (Å²) in [4.78, 5) is 16.8. The molecule has 120 valence electrons. The van der Waals surface area contributed by atoms with Gasteiger partial charge in [0.05, 0.1) is 18.9 Å². The van der Waals surface area contributed by atoms with Crippen molar-refractivity contribution in [3.8, 4) is 0 Å². The fourth-order valence-electron chi connectivity index (χ4n) is 1.56. The predicted molar refractivity (Wildman–Crippen MR) is 71.1 cm³/mol. The van der Waals surface area contributed by atoms with Crippen LogP contribution >= 0.6 is 11.3 Å². The molecule has 10 heteroatoms. The maximum atomic E-state index is 10.6. The lowest BCUT2D eigenvalue weighted by Gasteiger charge is -2.25. The van der Waals surface area contributed by atoms with Crippen molar-refractivity contribution >= 4 is 22.4 Å². The lowest BCUT2D eigenvalue weighted by atomic mass is 10.3. The number of nitrogens with two attached hydrogens (primary N) is 1. The number of nitrogen functional groups attached to an aromatic ring is 1. The predicted octanol–water partition coefficient (Wildman–Crippen LogP) is 1.50. The number of carbonyl (C=O) groups is 1. The molecule has 1 aromatic heterocycles. The number of rotatable bonds is 2. The number of hydrogen-bond acceptors (Lipinski definition) is 6. The lowest BCUT2D eigenvalue weighted by Crippen LogP contribution is -2.35. The van der Waals surface area contributed by atoms with Gasteiger partial charge in [-0.2, -0.15) is 13.2 Å². The summed E-state index contributed by atoms with van der Waals surface area (Å²) < 4.78 is 37.0. The molecule has 1 fully saturated rings. The average Bonchev–Trinajstić information content (AvgIpc) is 2.68. The van der Waals surface area contributed by atoms with Gasteiger partial charge in [0.1, 0.15) is 0 Å². The molecule has 0 aliphatic carbocycles. The standard InChI is InChI=1S/C9H15N3OS.C2HF3O2/c1-7-8(14-9(10)11-7)6-12-2-4-13-5-3-12;3-2(4,5)1(6)7/h2-6H2,1H3,(H2,10,11);(H,6,7). The number of aryl methyl sites for hydroxylation is 1. The molecule has 0 radical (unpaired) electrons. The molecule has 0 atom stereocenters. The fraction of sp³-hybridized carbons (Fsp3) is 0.636. The minimum atomic E-state index is -5.08. The van der Waals surface area contributed by atoms with Gasteiger partial charge < -0.3 is 15.6 Å². The first-order valence-electron chi connectivity index (χ1n) is 6.02. The van der Waals surface area contributed by atoms with Gasteiger partial charge in [-0.15, -0.1) is 11.3 Å². The first-order chi connectivity index (χ1) is 9.70. The number of morpholine rings is 1. The van der Waals surface area contributed by atoms with E-state index in [-0.39, 0.29) is 0 Å². The minimum Gasteiger partial charge on any atom is -0.475 e. The number of aliphatic carboxylic acids is 1. The van der Waals surface area contributed by atoms with Crippen molar-refractivity contribution in [2.75, 3.05) is 32.0 Å². The molecule has 0 unspecified atom stereocenters. The number of ether oxygens (including phenoxy) is 1. The molecular weight excluding hydrogens is 311 g/mol. The number of halogens is 3. The van der Waals surface area contributed by atoms with Crippen LogP contribution in [-0.4, -0.2) is 53.4 Å². The number of anilines is 1. The van der Waals surface area contributed by atoms with E-state index in [0.717, 1.165) is 38.5 Å². The Morgan fingerprint density at radius 2 is 2.00 bits per heavy atom. The van der Waals surface area contributed by atoms with E-state index in [2.05, 4.69) is 9.88 Å². The Hall–Kier alpha value is -1.39. The van der Waals surface area contributed by atoms with Crippen molar-refractivity contribution < 1.29 is 27.8 Å². The Morgan fingerprint density at radius 1 is 1.48 bits per heavy atom. The van der Waals surface area contributed by atoms with Crippen LogP contribution in [0.2, 0.25) is 0 Å². The number of carboxylic acid groups (broad SMARTS) is 1. The van der Waals surface area contributed by atoms with Gasteiger partial charge in [-0.1, -0.05) is 0 Å². The zero-order valence-electron chi connectivity index (χ0n) is 11.3. The number of hydrogen-bond donors (Lipinski definition) is 2. The molecule has 2 heterocycles. The summed E-state index contributed by atoms with van der Waals surface area (Å²) in [6.45, 7) is 6.68. The first kappa shape index (κ1) is 17.7. The summed E-state index contributed by atoms with van der Waals surface area (Å²) in [6.07, 6.45) is -5.08. The summed E-state index contributed by atoms with van der Waals surface area (Å²) in [5, 5.41) is 7.80. The fourth-order valence-corrected chi connectivity index (χ4v) is 2.44. The highest BCUT2D eigenvalue weighted by Crippen LogP contribution is 2.21. The summed E-state index contributed by atoms with van der Waals surface area (Å²) in [7, 11) is 0. The number of alkyl halides is 3. The molecule has 3 N–H and O–H groups in total. The van der Waals surface area contributed by atoms with Crippen LogP contribution in [0.4, 0.5) is 18.3 Å². The largest absolute Gasteiger partial charge is 0.490 e. The Labute approximate surface area is 123 Å². The van der Waals surface area contributed by atoms with Crippen molar-refractivity contribution in [2.45, 2.75) is 19.6 Å². The molecule has 1 aliphatic heterocycles. The second-order valence-corrected chi connectivity index (χ2v) is 5.37. The highest BCUT2D eigenvalue weighted by atomic mass is 32.1. The van der Waals surface area contributed by atoms with Crippen LogP contribution < -0.4 is 5.73 Å². The van der Waals surface area contributed by atoms with Gasteiger partial charge in [-0.05, 0) is 6.92 Å². The zero-order valence-corrected chi connectivity index (χ0v) is 12.1. The second-order valence-electron chi connectivity index (χ2n) is 4.25. The van der Waals surface area contributed by atoms with E-state index in [1.807, 2.05) is 6.92 Å². The molecule has 1 saturated heterocycles.